The van der Waals surface area contributed by atoms with Gasteiger partial charge in [-0.25, -0.2) is 0 Å². The molecule has 2 nitrogen and oxygen atoms in total. The first-order chi connectivity index (χ1) is 5.81. The first-order valence-electron chi connectivity index (χ1n) is 3.59. The molecule has 0 fully saturated rings. The molecule has 0 saturated carbocycles. The number of hydrogen-bond acceptors (Lipinski definition) is 2. The minimum atomic E-state index is 0.472. The van der Waals surface area contributed by atoms with Gasteiger partial charge in [0.25, 0.3) is 0 Å². The number of hydrogen-bond donors (Lipinski definition) is 1. The van der Waals surface area contributed by atoms with E-state index in [1.165, 1.54) is 3.57 Å². The summed E-state index contributed by atoms with van der Waals surface area (Å²) in [5, 5.41) is 7.74. The van der Waals surface area contributed by atoms with E-state index in [0.717, 1.165) is 0 Å². The summed E-state index contributed by atoms with van der Waals surface area (Å²) >= 11 is 2.28. The van der Waals surface area contributed by atoms with Crippen LogP contribution in [0, 0.1) is 14.9 Å². The summed E-state index contributed by atoms with van der Waals surface area (Å²) in [6, 6.07) is 12.1. The van der Waals surface area contributed by atoms with Gasteiger partial charge < -0.3 is 5.73 Å². The van der Waals surface area contributed by atoms with E-state index in [-0.39, 0.29) is 0 Å². The van der Waals surface area contributed by atoms with Crippen LogP contribution in [0.5, 0.6) is 0 Å². The quantitative estimate of drug-likeness (QED) is 0.798. The number of nitrogens with two attached hydrogens (primary N) is 1. The highest BCUT2D eigenvalue weighted by atomic mass is 127. The van der Waals surface area contributed by atoms with Crippen LogP contribution in [0.1, 0.15) is 6.42 Å². The summed E-state index contributed by atoms with van der Waals surface area (Å²) in [6.07, 6.45) is 0.472. The highest BCUT2D eigenvalue weighted by molar-refractivity contribution is 14.1. The van der Waals surface area contributed by atoms with Crippen molar-refractivity contribution in [3.05, 3.63) is 33.9 Å². The topological polar surface area (TPSA) is 49.8 Å². The standard InChI is InChI=1S/C6H5I.C3H6N2/c7-6-4-2-1-3-5-6;4-2-1-3-5/h1-5H;1-2,4H2. The van der Waals surface area contributed by atoms with E-state index in [2.05, 4.69) is 34.7 Å². The summed E-state index contributed by atoms with van der Waals surface area (Å²) in [6.45, 7) is 0.483. The molecule has 2 N–H and O–H groups in total. The monoisotopic (exact) mass is 274 g/mol. The predicted molar refractivity (Wildman–Crippen MR) is 58.4 cm³/mol. The minimum Gasteiger partial charge on any atom is -0.329 e. The maximum atomic E-state index is 7.74. The average molecular weight is 274 g/mol. The Morgan fingerprint density at radius 3 is 2.08 bits per heavy atom. The summed E-state index contributed by atoms with van der Waals surface area (Å²) in [5.41, 5.74) is 4.92. The van der Waals surface area contributed by atoms with Crippen LogP contribution in [-0.2, 0) is 0 Å². The van der Waals surface area contributed by atoms with Crippen molar-refractivity contribution in [1.82, 2.24) is 0 Å². The van der Waals surface area contributed by atoms with Crippen molar-refractivity contribution in [2.75, 3.05) is 6.54 Å². The van der Waals surface area contributed by atoms with E-state index in [1.54, 1.807) is 0 Å². The fraction of sp³-hybridized carbons (Fsp3) is 0.222. The molecule has 0 radical (unpaired) electrons. The normalized spacial score (nSPS) is 7.75. The molecule has 0 saturated heterocycles. The summed E-state index contributed by atoms with van der Waals surface area (Å²) in [4.78, 5) is 0. The van der Waals surface area contributed by atoms with Crippen molar-refractivity contribution >= 4 is 22.6 Å². The zero-order valence-corrected chi connectivity index (χ0v) is 8.86. The largest absolute Gasteiger partial charge is 0.329 e. The molecule has 0 aliphatic carbocycles. The van der Waals surface area contributed by atoms with E-state index in [9.17, 15) is 0 Å². The molecule has 1 rings (SSSR count). The number of rotatable bonds is 1. The lowest BCUT2D eigenvalue weighted by atomic mass is 10.4. The Morgan fingerprint density at radius 2 is 1.92 bits per heavy atom. The van der Waals surface area contributed by atoms with Gasteiger partial charge in [-0.2, -0.15) is 5.26 Å². The van der Waals surface area contributed by atoms with Gasteiger partial charge in [-0.15, -0.1) is 0 Å². The van der Waals surface area contributed by atoms with Gasteiger partial charge >= 0.3 is 0 Å². The molecular formula is C9H11IN2. The first kappa shape index (κ1) is 11.4. The molecule has 3 heteroatoms. The van der Waals surface area contributed by atoms with Gasteiger partial charge in [0.2, 0.25) is 0 Å². The second-order valence-corrected chi connectivity index (χ2v) is 3.24. The van der Waals surface area contributed by atoms with Crippen molar-refractivity contribution < 1.29 is 0 Å². The molecule has 0 atom stereocenters. The maximum Gasteiger partial charge on any atom is 0.0635 e. The lowest BCUT2D eigenvalue weighted by molar-refractivity contribution is 1.02. The zero-order valence-electron chi connectivity index (χ0n) is 6.70. The zero-order chi connectivity index (χ0) is 9.23. The van der Waals surface area contributed by atoms with Gasteiger partial charge in [-0.3, -0.25) is 0 Å². The molecular weight excluding hydrogens is 263 g/mol. The van der Waals surface area contributed by atoms with Crippen LogP contribution in [0.4, 0.5) is 0 Å². The van der Waals surface area contributed by atoms with Crippen LogP contribution in [0.2, 0.25) is 0 Å². The van der Waals surface area contributed by atoms with Crippen LogP contribution in [-0.4, -0.2) is 6.54 Å². The molecule has 0 spiro atoms. The van der Waals surface area contributed by atoms with E-state index >= 15 is 0 Å². The molecule has 0 amide bonds. The summed E-state index contributed by atoms with van der Waals surface area (Å²) < 4.78 is 1.29. The fourth-order valence-electron chi connectivity index (χ4n) is 0.479. The predicted octanol–water partition coefficient (Wildman–Crippen LogP) is 2.15. The highest BCUT2D eigenvalue weighted by Crippen LogP contribution is 1.99. The maximum absolute atomic E-state index is 7.74. The molecule has 12 heavy (non-hydrogen) atoms. The minimum absolute atomic E-state index is 0.472. The van der Waals surface area contributed by atoms with Gasteiger partial charge in [-0.05, 0) is 34.7 Å². The number of nitriles is 1. The lowest BCUT2D eigenvalue weighted by Gasteiger charge is -1.80. The fourth-order valence-corrected chi connectivity index (χ4v) is 0.894. The smallest absolute Gasteiger partial charge is 0.0635 e. The number of halogens is 1. The van der Waals surface area contributed by atoms with Crippen LogP contribution in [0.15, 0.2) is 30.3 Å². The van der Waals surface area contributed by atoms with Gasteiger partial charge in [-0.1, -0.05) is 18.2 Å². The Hall–Kier alpha value is -0.600. The SMILES string of the molecule is Ic1ccccc1.N#CCCN. The highest BCUT2D eigenvalue weighted by Gasteiger charge is 1.74. The average Bonchev–Trinajstić information content (AvgIpc) is 2.08. The molecule has 0 aromatic heterocycles. The van der Waals surface area contributed by atoms with Crippen LogP contribution in [0.3, 0.4) is 0 Å². The van der Waals surface area contributed by atoms with Crippen molar-refractivity contribution in [3.8, 4) is 6.07 Å². The number of benzene rings is 1. The van der Waals surface area contributed by atoms with Gasteiger partial charge in [0.15, 0.2) is 0 Å². The molecule has 1 aromatic rings. The first-order valence-corrected chi connectivity index (χ1v) is 4.66. The molecule has 1 aromatic carbocycles. The van der Waals surface area contributed by atoms with Gasteiger partial charge in [0.05, 0.1) is 6.07 Å². The second-order valence-electron chi connectivity index (χ2n) is 1.99. The van der Waals surface area contributed by atoms with Gasteiger partial charge in [0.1, 0.15) is 0 Å². The van der Waals surface area contributed by atoms with Crippen molar-refractivity contribution in [3.63, 3.8) is 0 Å². The van der Waals surface area contributed by atoms with E-state index < -0.39 is 0 Å². The van der Waals surface area contributed by atoms with Crippen molar-refractivity contribution in [1.29, 1.82) is 5.26 Å². The van der Waals surface area contributed by atoms with E-state index in [0.29, 0.717) is 13.0 Å². The summed E-state index contributed by atoms with van der Waals surface area (Å²) in [5.74, 6) is 0. The molecule has 64 valence electrons. The molecule has 0 heterocycles. The third-order valence-electron chi connectivity index (χ3n) is 0.989. The Labute approximate surface area is 86.5 Å². The van der Waals surface area contributed by atoms with Crippen LogP contribution < -0.4 is 5.73 Å². The third-order valence-corrected chi connectivity index (χ3v) is 1.71. The Morgan fingerprint density at radius 1 is 1.33 bits per heavy atom. The Kier molecular flexibility index (Phi) is 8.07. The lowest BCUT2D eigenvalue weighted by Crippen LogP contribution is -1.94. The molecule has 0 bridgehead atoms. The van der Waals surface area contributed by atoms with E-state index in [1.807, 2.05) is 24.3 Å². The molecule has 0 aliphatic heterocycles. The Balaban J connectivity index is 0.000000217. The van der Waals surface area contributed by atoms with Crippen molar-refractivity contribution in [2.24, 2.45) is 5.73 Å². The third kappa shape index (κ3) is 7.51. The molecule has 0 aliphatic rings. The van der Waals surface area contributed by atoms with Gasteiger partial charge in [0, 0.05) is 16.5 Å². The van der Waals surface area contributed by atoms with Crippen LogP contribution >= 0.6 is 22.6 Å². The second kappa shape index (κ2) is 8.50. The Bertz CT molecular complexity index is 228. The number of nitrogens with zero attached hydrogens (tertiary/aromatic N) is 1. The summed E-state index contributed by atoms with van der Waals surface area (Å²) in [7, 11) is 0. The van der Waals surface area contributed by atoms with Crippen LogP contribution in [0.25, 0.3) is 0 Å². The molecule has 0 unspecified atom stereocenters. The van der Waals surface area contributed by atoms with Crippen molar-refractivity contribution in [2.45, 2.75) is 6.42 Å². The van der Waals surface area contributed by atoms with E-state index in [4.69, 9.17) is 11.0 Å².